The van der Waals surface area contributed by atoms with Gasteiger partial charge in [-0.1, -0.05) is 60.7 Å². The van der Waals surface area contributed by atoms with Crippen molar-refractivity contribution in [2.45, 2.75) is 31.8 Å². The highest BCUT2D eigenvalue weighted by molar-refractivity contribution is 5.85. The maximum absolute atomic E-state index is 13.1. The van der Waals surface area contributed by atoms with Crippen molar-refractivity contribution in [1.82, 2.24) is 15.1 Å². The predicted octanol–water partition coefficient (Wildman–Crippen LogP) is 3.36. The molecule has 2 aromatic carbocycles. The van der Waals surface area contributed by atoms with Crippen molar-refractivity contribution in [3.63, 3.8) is 0 Å². The number of likely N-dealkylation sites (tertiary alicyclic amines) is 1. The number of nitrogens with one attached hydrogen (secondary N) is 1. The van der Waals surface area contributed by atoms with Crippen LogP contribution in [0.25, 0.3) is 0 Å². The molecule has 0 radical (unpaired) electrons. The van der Waals surface area contributed by atoms with Gasteiger partial charge in [0, 0.05) is 25.7 Å². The van der Waals surface area contributed by atoms with Gasteiger partial charge in [0.25, 0.3) is 0 Å². The van der Waals surface area contributed by atoms with Crippen molar-refractivity contribution in [1.29, 1.82) is 0 Å². The highest BCUT2D eigenvalue weighted by Gasteiger charge is 2.23. The number of amides is 1. The van der Waals surface area contributed by atoms with Crippen LogP contribution in [0.4, 0.5) is 0 Å². The van der Waals surface area contributed by atoms with Crippen LogP contribution in [0.15, 0.2) is 60.7 Å². The molecule has 0 aromatic heterocycles. The lowest BCUT2D eigenvalue weighted by atomic mass is 10.1. The SMILES string of the molecule is CNC1CCCN(CC(=O)N(CCc2ccccc2)Cc2ccccc2)C1.Cl. The van der Waals surface area contributed by atoms with Crippen LogP contribution in [0.1, 0.15) is 24.0 Å². The van der Waals surface area contributed by atoms with Gasteiger partial charge in [0.05, 0.1) is 6.54 Å². The van der Waals surface area contributed by atoms with Crippen LogP contribution in [0, 0.1) is 0 Å². The fourth-order valence-electron chi connectivity index (χ4n) is 3.73. The van der Waals surface area contributed by atoms with Crippen molar-refractivity contribution in [2.75, 3.05) is 33.2 Å². The lowest BCUT2D eigenvalue weighted by molar-refractivity contribution is -0.133. The molecule has 28 heavy (non-hydrogen) atoms. The zero-order chi connectivity index (χ0) is 18.9. The van der Waals surface area contributed by atoms with Crippen molar-refractivity contribution in [3.8, 4) is 0 Å². The molecule has 3 rings (SSSR count). The summed E-state index contributed by atoms with van der Waals surface area (Å²) in [5.41, 5.74) is 2.46. The first-order chi connectivity index (χ1) is 13.2. The number of halogens is 1. The van der Waals surface area contributed by atoms with Gasteiger partial charge in [-0.25, -0.2) is 0 Å². The predicted molar refractivity (Wildman–Crippen MR) is 118 cm³/mol. The molecule has 152 valence electrons. The molecule has 0 saturated carbocycles. The zero-order valence-corrected chi connectivity index (χ0v) is 17.5. The first kappa shape index (κ1) is 22.4. The van der Waals surface area contributed by atoms with E-state index in [2.05, 4.69) is 46.6 Å². The van der Waals surface area contributed by atoms with Crippen molar-refractivity contribution < 1.29 is 4.79 Å². The number of likely N-dealkylation sites (N-methyl/N-ethyl adjacent to an activating group) is 1. The Morgan fingerprint density at radius 2 is 1.71 bits per heavy atom. The van der Waals surface area contributed by atoms with E-state index in [9.17, 15) is 4.79 Å². The molecule has 0 bridgehead atoms. The standard InChI is InChI=1S/C23H31N3O.ClH/c1-24-22-13-8-15-25(18-22)19-23(27)26(17-21-11-6-3-7-12-21)16-14-20-9-4-2-5-10-20;/h2-7,9-12,22,24H,8,13-19H2,1H3;1H. The second-order valence-electron chi connectivity index (χ2n) is 7.40. The van der Waals surface area contributed by atoms with Crippen molar-refractivity contribution in [3.05, 3.63) is 71.8 Å². The highest BCUT2D eigenvalue weighted by atomic mass is 35.5. The Kier molecular flexibility index (Phi) is 9.48. The molecule has 5 heteroatoms. The lowest BCUT2D eigenvalue weighted by Crippen LogP contribution is -2.48. The first-order valence-electron chi connectivity index (χ1n) is 10.00. The minimum Gasteiger partial charge on any atom is -0.337 e. The molecule has 2 aromatic rings. The molecule has 1 unspecified atom stereocenters. The Bertz CT molecular complexity index is 696. The van der Waals surface area contributed by atoms with Crippen molar-refractivity contribution in [2.24, 2.45) is 0 Å². The average molecular weight is 402 g/mol. The van der Waals surface area contributed by atoms with Crippen LogP contribution in [-0.4, -0.2) is 55.0 Å². The fraction of sp³-hybridized carbons (Fsp3) is 0.435. The molecule has 0 aliphatic carbocycles. The van der Waals surface area contributed by atoms with Gasteiger partial charge in [0.1, 0.15) is 0 Å². The second kappa shape index (κ2) is 11.8. The topological polar surface area (TPSA) is 35.6 Å². The molecule has 1 amide bonds. The van der Waals surface area contributed by atoms with Crippen LogP contribution < -0.4 is 5.32 Å². The Morgan fingerprint density at radius 3 is 2.36 bits per heavy atom. The molecule has 0 spiro atoms. The normalized spacial score (nSPS) is 17.0. The molecular weight excluding hydrogens is 370 g/mol. The number of hydrogen-bond donors (Lipinski definition) is 1. The number of hydrogen-bond acceptors (Lipinski definition) is 3. The van der Waals surface area contributed by atoms with Gasteiger partial charge in [0.15, 0.2) is 0 Å². The third-order valence-corrected chi connectivity index (χ3v) is 5.35. The molecule has 1 atom stereocenters. The molecule has 4 nitrogen and oxygen atoms in total. The van der Waals surface area contributed by atoms with Gasteiger partial charge >= 0.3 is 0 Å². The van der Waals surface area contributed by atoms with E-state index in [4.69, 9.17) is 0 Å². The number of nitrogens with zero attached hydrogens (tertiary/aromatic N) is 2. The molecule has 1 heterocycles. The summed E-state index contributed by atoms with van der Waals surface area (Å²) in [6.07, 6.45) is 3.24. The summed E-state index contributed by atoms with van der Waals surface area (Å²) >= 11 is 0. The molecule has 1 aliphatic heterocycles. The number of carbonyl (C=O) groups is 1. The molecule has 1 fully saturated rings. The summed E-state index contributed by atoms with van der Waals surface area (Å²) in [7, 11) is 2.01. The van der Waals surface area contributed by atoms with Gasteiger partial charge in [-0.05, 0) is 44.0 Å². The first-order valence-corrected chi connectivity index (χ1v) is 10.00. The minimum absolute atomic E-state index is 0. The van der Waals surface area contributed by atoms with Gasteiger partial charge in [-0.3, -0.25) is 9.69 Å². The summed E-state index contributed by atoms with van der Waals surface area (Å²) in [5, 5.41) is 3.36. The van der Waals surface area contributed by atoms with E-state index in [0.29, 0.717) is 19.1 Å². The monoisotopic (exact) mass is 401 g/mol. The minimum atomic E-state index is 0. The van der Waals surface area contributed by atoms with E-state index < -0.39 is 0 Å². The van der Waals surface area contributed by atoms with Crippen LogP contribution in [0.3, 0.4) is 0 Å². The highest BCUT2D eigenvalue weighted by Crippen LogP contribution is 2.12. The van der Waals surface area contributed by atoms with E-state index >= 15 is 0 Å². The van der Waals surface area contributed by atoms with E-state index in [1.165, 1.54) is 17.5 Å². The van der Waals surface area contributed by atoms with E-state index in [-0.39, 0.29) is 18.3 Å². The third kappa shape index (κ3) is 6.93. The van der Waals surface area contributed by atoms with Crippen LogP contribution in [0.2, 0.25) is 0 Å². The van der Waals surface area contributed by atoms with Gasteiger partial charge in [-0.15, -0.1) is 12.4 Å². The Morgan fingerprint density at radius 1 is 1.07 bits per heavy atom. The van der Waals surface area contributed by atoms with E-state index in [0.717, 1.165) is 32.5 Å². The third-order valence-electron chi connectivity index (χ3n) is 5.35. The zero-order valence-electron chi connectivity index (χ0n) is 16.7. The number of piperidine rings is 1. The Balaban J connectivity index is 0.00000280. The van der Waals surface area contributed by atoms with Crippen molar-refractivity contribution >= 4 is 18.3 Å². The van der Waals surface area contributed by atoms with Gasteiger partial charge in [0.2, 0.25) is 5.91 Å². The van der Waals surface area contributed by atoms with Crippen LogP contribution in [-0.2, 0) is 17.8 Å². The average Bonchev–Trinajstić information content (AvgIpc) is 2.72. The maximum Gasteiger partial charge on any atom is 0.237 e. The lowest BCUT2D eigenvalue weighted by Gasteiger charge is -2.33. The second-order valence-corrected chi connectivity index (χ2v) is 7.40. The van der Waals surface area contributed by atoms with Crippen LogP contribution in [0.5, 0.6) is 0 Å². The summed E-state index contributed by atoms with van der Waals surface area (Å²) in [5.74, 6) is 0.228. The molecular formula is C23H32ClN3O. The summed E-state index contributed by atoms with van der Waals surface area (Å²) in [6, 6.07) is 21.2. The molecule has 1 N–H and O–H groups in total. The summed E-state index contributed by atoms with van der Waals surface area (Å²) in [6.45, 7) is 3.92. The Labute approximate surface area is 175 Å². The smallest absolute Gasteiger partial charge is 0.237 e. The van der Waals surface area contributed by atoms with E-state index in [1.54, 1.807) is 0 Å². The summed E-state index contributed by atoms with van der Waals surface area (Å²) in [4.78, 5) is 17.4. The summed E-state index contributed by atoms with van der Waals surface area (Å²) < 4.78 is 0. The fourth-order valence-corrected chi connectivity index (χ4v) is 3.73. The quantitative estimate of drug-likeness (QED) is 0.736. The number of carbonyl (C=O) groups excluding carboxylic acids is 1. The number of benzene rings is 2. The largest absolute Gasteiger partial charge is 0.337 e. The van der Waals surface area contributed by atoms with Crippen LogP contribution >= 0.6 is 12.4 Å². The van der Waals surface area contributed by atoms with Gasteiger partial charge in [-0.2, -0.15) is 0 Å². The Hall–Kier alpha value is -1.88. The van der Waals surface area contributed by atoms with E-state index in [1.807, 2.05) is 36.2 Å². The maximum atomic E-state index is 13.1. The van der Waals surface area contributed by atoms with Gasteiger partial charge < -0.3 is 10.2 Å². The number of rotatable bonds is 8. The molecule has 1 saturated heterocycles. The molecule has 1 aliphatic rings.